The maximum Gasteiger partial charge on any atom is 0.236 e. The maximum absolute atomic E-state index is 11.9. The topological polar surface area (TPSA) is 64.7 Å². The highest BCUT2D eigenvalue weighted by molar-refractivity contribution is 5.79. The first-order chi connectivity index (χ1) is 9.67. The zero-order chi connectivity index (χ0) is 14.8. The third-order valence-electron chi connectivity index (χ3n) is 3.10. The smallest absolute Gasteiger partial charge is 0.236 e. The van der Waals surface area contributed by atoms with E-state index in [1.807, 2.05) is 4.90 Å². The Morgan fingerprint density at radius 2 is 1.70 bits per heavy atom. The summed E-state index contributed by atoms with van der Waals surface area (Å²) in [4.78, 5) is 27.3. The van der Waals surface area contributed by atoms with E-state index in [0.29, 0.717) is 39.3 Å². The maximum atomic E-state index is 11.9. The molecule has 1 aliphatic rings. The first-order valence-corrected chi connectivity index (χ1v) is 6.86. The molecule has 0 bridgehead atoms. The van der Waals surface area contributed by atoms with Crippen LogP contribution >= 0.6 is 0 Å². The van der Waals surface area contributed by atoms with Gasteiger partial charge in [0.15, 0.2) is 0 Å². The minimum absolute atomic E-state index is 0.00248. The zero-order valence-electron chi connectivity index (χ0n) is 11.9. The van der Waals surface area contributed by atoms with Crippen molar-refractivity contribution in [3.63, 3.8) is 0 Å². The van der Waals surface area contributed by atoms with Crippen LogP contribution in [0, 0.1) is 0 Å². The van der Waals surface area contributed by atoms with Gasteiger partial charge in [-0.05, 0) is 0 Å². The molecule has 0 aromatic rings. The van der Waals surface area contributed by atoms with Gasteiger partial charge in [-0.3, -0.25) is 14.5 Å². The molecule has 1 heterocycles. The summed E-state index contributed by atoms with van der Waals surface area (Å²) in [5.41, 5.74) is 0. The lowest BCUT2D eigenvalue weighted by Gasteiger charge is -2.34. The largest absolute Gasteiger partial charge is 0.352 e. The van der Waals surface area contributed by atoms with E-state index in [9.17, 15) is 9.59 Å². The van der Waals surface area contributed by atoms with Crippen LogP contribution in [0.4, 0.5) is 0 Å². The zero-order valence-corrected chi connectivity index (χ0v) is 11.9. The summed E-state index contributed by atoms with van der Waals surface area (Å²) in [7, 11) is 0. The van der Waals surface area contributed by atoms with Gasteiger partial charge in [-0.25, -0.2) is 0 Å². The van der Waals surface area contributed by atoms with Crippen LogP contribution in [0.25, 0.3) is 0 Å². The van der Waals surface area contributed by atoms with Crippen LogP contribution in [0.5, 0.6) is 0 Å². The lowest BCUT2D eigenvalue weighted by Crippen LogP contribution is -2.52. The Morgan fingerprint density at radius 1 is 1.05 bits per heavy atom. The number of hydrogen-bond donors (Lipinski definition) is 2. The molecular weight excluding hydrogens is 256 g/mol. The van der Waals surface area contributed by atoms with Gasteiger partial charge in [0.1, 0.15) is 0 Å². The molecule has 0 aromatic carbocycles. The molecule has 112 valence electrons. The first-order valence-electron chi connectivity index (χ1n) is 6.86. The number of amides is 2. The predicted molar refractivity (Wildman–Crippen MR) is 79.3 cm³/mol. The van der Waals surface area contributed by atoms with Crippen LogP contribution in [0.2, 0.25) is 0 Å². The summed E-state index contributed by atoms with van der Waals surface area (Å²) >= 11 is 0. The minimum Gasteiger partial charge on any atom is -0.352 e. The molecule has 6 nitrogen and oxygen atoms in total. The van der Waals surface area contributed by atoms with E-state index in [-0.39, 0.29) is 11.8 Å². The Bertz CT molecular complexity index is 349. The van der Waals surface area contributed by atoms with E-state index in [1.54, 1.807) is 12.2 Å². The lowest BCUT2D eigenvalue weighted by molar-refractivity contribution is -0.132. The standard InChI is InChI=1S/C14H24N4O2/c1-3-5-15-11-14(20)18-9-7-17(8-10-18)12-13(19)16-6-4-2/h3-4,15H,1-2,5-12H2,(H,16,19). The van der Waals surface area contributed by atoms with Gasteiger partial charge >= 0.3 is 0 Å². The van der Waals surface area contributed by atoms with Gasteiger partial charge in [-0.1, -0.05) is 12.2 Å². The second kappa shape index (κ2) is 9.28. The highest BCUT2D eigenvalue weighted by Crippen LogP contribution is 2.01. The molecule has 1 saturated heterocycles. The monoisotopic (exact) mass is 280 g/mol. The number of nitrogens with zero attached hydrogens (tertiary/aromatic N) is 2. The SMILES string of the molecule is C=CCNCC(=O)N1CCN(CC(=O)NCC=C)CC1. The summed E-state index contributed by atoms with van der Waals surface area (Å²) in [5.74, 6) is 0.0972. The molecule has 6 heteroatoms. The Morgan fingerprint density at radius 3 is 2.30 bits per heavy atom. The fourth-order valence-electron chi connectivity index (χ4n) is 1.99. The van der Waals surface area contributed by atoms with Gasteiger partial charge in [0, 0.05) is 39.3 Å². The molecule has 20 heavy (non-hydrogen) atoms. The summed E-state index contributed by atoms with van der Waals surface area (Å²) < 4.78 is 0. The summed E-state index contributed by atoms with van der Waals surface area (Å²) in [6.07, 6.45) is 3.39. The Labute approximate surface area is 120 Å². The number of rotatable bonds is 8. The van der Waals surface area contributed by atoms with Crippen molar-refractivity contribution in [2.45, 2.75) is 0 Å². The summed E-state index contributed by atoms with van der Waals surface area (Å²) in [5, 5.41) is 5.75. The normalized spacial score (nSPS) is 15.7. The van der Waals surface area contributed by atoms with E-state index in [2.05, 4.69) is 28.7 Å². The molecule has 0 aliphatic carbocycles. The molecule has 0 saturated carbocycles. The fraction of sp³-hybridized carbons (Fsp3) is 0.571. The molecule has 2 amide bonds. The van der Waals surface area contributed by atoms with Gasteiger partial charge < -0.3 is 15.5 Å². The van der Waals surface area contributed by atoms with E-state index >= 15 is 0 Å². The summed E-state index contributed by atoms with van der Waals surface area (Å²) in [6, 6.07) is 0. The number of piperazine rings is 1. The molecule has 0 unspecified atom stereocenters. The van der Waals surface area contributed by atoms with Crippen molar-refractivity contribution in [3.05, 3.63) is 25.3 Å². The van der Waals surface area contributed by atoms with E-state index < -0.39 is 0 Å². The van der Waals surface area contributed by atoms with Crippen molar-refractivity contribution in [2.75, 3.05) is 52.4 Å². The van der Waals surface area contributed by atoms with Crippen LogP contribution in [-0.4, -0.2) is 74.0 Å². The van der Waals surface area contributed by atoms with E-state index in [0.717, 1.165) is 13.1 Å². The van der Waals surface area contributed by atoms with E-state index in [4.69, 9.17) is 0 Å². The van der Waals surface area contributed by atoms with Crippen molar-refractivity contribution >= 4 is 11.8 Å². The van der Waals surface area contributed by atoms with Gasteiger partial charge in [0.2, 0.25) is 11.8 Å². The second-order valence-corrected chi connectivity index (χ2v) is 4.67. The number of carbonyl (C=O) groups is 2. The van der Waals surface area contributed by atoms with Crippen LogP contribution in [0.3, 0.4) is 0 Å². The Hall–Kier alpha value is -1.66. The third kappa shape index (κ3) is 5.99. The van der Waals surface area contributed by atoms with Crippen LogP contribution in [0.15, 0.2) is 25.3 Å². The van der Waals surface area contributed by atoms with E-state index in [1.165, 1.54) is 0 Å². The molecule has 1 aliphatic heterocycles. The van der Waals surface area contributed by atoms with Crippen molar-refractivity contribution in [1.29, 1.82) is 0 Å². The number of carbonyl (C=O) groups excluding carboxylic acids is 2. The molecule has 2 N–H and O–H groups in total. The van der Waals surface area contributed by atoms with Crippen molar-refractivity contribution in [3.8, 4) is 0 Å². The lowest BCUT2D eigenvalue weighted by atomic mass is 10.3. The quantitative estimate of drug-likeness (QED) is 0.452. The molecule has 0 spiro atoms. The van der Waals surface area contributed by atoms with Crippen LogP contribution < -0.4 is 10.6 Å². The fourth-order valence-corrected chi connectivity index (χ4v) is 1.99. The number of hydrogen-bond acceptors (Lipinski definition) is 4. The van der Waals surface area contributed by atoms with Crippen LogP contribution in [-0.2, 0) is 9.59 Å². The molecule has 0 radical (unpaired) electrons. The molecule has 0 aromatic heterocycles. The average Bonchev–Trinajstić information content (AvgIpc) is 2.46. The van der Waals surface area contributed by atoms with Crippen molar-refractivity contribution < 1.29 is 9.59 Å². The molecule has 0 atom stereocenters. The second-order valence-electron chi connectivity index (χ2n) is 4.67. The molecule has 1 fully saturated rings. The predicted octanol–water partition coefficient (Wildman–Crippen LogP) is -0.792. The molecule has 1 rings (SSSR count). The summed E-state index contributed by atoms with van der Waals surface area (Å²) in [6.45, 7) is 11.8. The third-order valence-corrected chi connectivity index (χ3v) is 3.10. The number of nitrogens with one attached hydrogen (secondary N) is 2. The van der Waals surface area contributed by atoms with Crippen molar-refractivity contribution in [1.82, 2.24) is 20.4 Å². The van der Waals surface area contributed by atoms with Crippen molar-refractivity contribution in [2.24, 2.45) is 0 Å². The Balaban J connectivity index is 2.22. The van der Waals surface area contributed by atoms with Crippen LogP contribution in [0.1, 0.15) is 0 Å². The minimum atomic E-state index is -0.00248. The highest BCUT2D eigenvalue weighted by Gasteiger charge is 2.21. The van der Waals surface area contributed by atoms with Gasteiger partial charge in [-0.2, -0.15) is 0 Å². The average molecular weight is 280 g/mol. The van der Waals surface area contributed by atoms with Gasteiger partial charge in [0.05, 0.1) is 13.1 Å². The first kappa shape index (κ1) is 16.4. The van der Waals surface area contributed by atoms with Gasteiger partial charge in [-0.15, -0.1) is 13.2 Å². The Kier molecular flexibility index (Phi) is 7.60. The van der Waals surface area contributed by atoms with Gasteiger partial charge in [0.25, 0.3) is 0 Å². The molecular formula is C14H24N4O2. The highest BCUT2D eigenvalue weighted by atomic mass is 16.2.